The van der Waals surface area contributed by atoms with Gasteiger partial charge in [-0.25, -0.2) is 0 Å². The van der Waals surface area contributed by atoms with Crippen LogP contribution >= 0.6 is 34.5 Å². The van der Waals surface area contributed by atoms with E-state index in [9.17, 15) is 4.79 Å². The standard InChI is InChI=1S/C22H20Cl2N4OS/c1-13-18-11-20(21(29)27(3)14(2)15-6-8-25-9-7-15)30-22(18)28(26-13)12-16-4-5-17(23)10-19(16)24/h4-11,14H,12H2,1-3H3. The van der Waals surface area contributed by atoms with Gasteiger partial charge in [0.1, 0.15) is 4.83 Å². The van der Waals surface area contributed by atoms with Crippen molar-refractivity contribution in [3.63, 3.8) is 0 Å². The molecule has 0 saturated heterocycles. The van der Waals surface area contributed by atoms with E-state index in [4.69, 9.17) is 23.2 Å². The maximum absolute atomic E-state index is 13.2. The van der Waals surface area contributed by atoms with Crippen molar-refractivity contribution < 1.29 is 4.79 Å². The summed E-state index contributed by atoms with van der Waals surface area (Å²) in [4.78, 5) is 20.6. The van der Waals surface area contributed by atoms with Crippen LogP contribution in [0.2, 0.25) is 10.0 Å². The van der Waals surface area contributed by atoms with Gasteiger partial charge in [0, 0.05) is 34.9 Å². The zero-order valence-corrected chi connectivity index (χ0v) is 19.1. The van der Waals surface area contributed by atoms with Gasteiger partial charge in [-0.1, -0.05) is 29.3 Å². The van der Waals surface area contributed by atoms with Gasteiger partial charge in [0.05, 0.1) is 23.2 Å². The number of halogens is 2. The van der Waals surface area contributed by atoms with Crippen LogP contribution in [-0.2, 0) is 6.54 Å². The van der Waals surface area contributed by atoms with E-state index in [1.807, 2.05) is 55.9 Å². The monoisotopic (exact) mass is 458 g/mol. The first-order valence-corrected chi connectivity index (χ1v) is 11.0. The highest BCUT2D eigenvalue weighted by Crippen LogP contribution is 2.32. The fraction of sp³-hybridized carbons (Fsp3) is 0.227. The quantitative estimate of drug-likeness (QED) is 0.368. The maximum atomic E-state index is 13.2. The van der Waals surface area contributed by atoms with Gasteiger partial charge in [0.2, 0.25) is 0 Å². The molecule has 8 heteroatoms. The number of hydrogen-bond acceptors (Lipinski definition) is 4. The third-order valence-electron chi connectivity index (χ3n) is 5.24. The predicted molar refractivity (Wildman–Crippen MR) is 123 cm³/mol. The number of benzene rings is 1. The fourth-order valence-corrected chi connectivity index (χ4v) is 4.96. The molecule has 5 nitrogen and oxygen atoms in total. The predicted octanol–water partition coefficient (Wildman–Crippen LogP) is 5.99. The first-order valence-electron chi connectivity index (χ1n) is 9.43. The van der Waals surface area contributed by atoms with E-state index < -0.39 is 0 Å². The average molecular weight is 459 g/mol. The molecule has 1 unspecified atom stereocenters. The van der Waals surface area contributed by atoms with Gasteiger partial charge in [0.25, 0.3) is 5.91 Å². The van der Waals surface area contributed by atoms with E-state index in [2.05, 4.69) is 10.1 Å². The van der Waals surface area contributed by atoms with Gasteiger partial charge in [0.15, 0.2) is 0 Å². The number of rotatable bonds is 5. The molecule has 3 heterocycles. The molecule has 0 radical (unpaired) electrons. The molecule has 1 atom stereocenters. The summed E-state index contributed by atoms with van der Waals surface area (Å²) >= 11 is 13.8. The van der Waals surface area contributed by atoms with Crippen molar-refractivity contribution in [3.05, 3.63) is 80.5 Å². The molecule has 0 aliphatic carbocycles. The Balaban J connectivity index is 1.63. The number of nitrogens with zero attached hydrogens (tertiary/aromatic N) is 4. The number of carbonyl (C=O) groups excluding carboxylic acids is 1. The molecule has 0 spiro atoms. The molecule has 0 bridgehead atoms. The molecule has 0 aliphatic heterocycles. The molecule has 4 aromatic rings. The second-order valence-electron chi connectivity index (χ2n) is 7.18. The molecule has 0 aliphatic rings. The Morgan fingerprint density at radius 1 is 1.20 bits per heavy atom. The summed E-state index contributed by atoms with van der Waals surface area (Å²) < 4.78 is 1.90. The number of aryl methyl sites for hydroxylation is 1. The molecule has 0 saturated carbocycles. The zero-order chi connectivity index (χ0) is 21.4. The van der Waals surface area contributed by atoms with E-state index in [1.165, 1.54) is 11.3 Å². The SMILES string of the molecule is Cc1nn(Cc2ccc(Cl)cc2Cl)c2sc(C(=O)N(C)C(C)c3ccncc3)cc12. The molecular weight excluding hydrogens is 439 g/mol. The number of fused-ring (bicyclic) bond motifs is 1. The van der Waals surface area contributed by atoms with E-state index >= 15 is 0 Å². The van der Waals surface area contributed by atoms with Crippen molar-refractivity contribution in [2.45, 2.75) is 26.4 Å². The highest BCUT2D eigenvalue weighted by atomic mass is 35.5. The lowest BCUT2D eigenvalue weighted by atomic mass is 10.1. The maximum Gasteiger partial charge on any atom is 0.264 e. The van der Waals surface area contributed by atoms with Crippen LogP contribution in [0.4, 0.5) is 0 Å². The number of amides is 1. The van der Waals surface area contributed by atoms with Crippen LogP contribution in [0.5, 0.6) is 0 Å². The number of aromatic nitrogens is 3. The van der Waals surface area contributed by atoms with Gasteiger partial charge >= 0.3 is 0 Å². The van der Waals surface area contributed by atoms with Gasteiger partial charge in [-0.3, -0.25) is 14.5 Å². The van der Waals surface area contributed by atoms with E-state index in [0.29, 0.717) is 21.5 Å². The van der Waals surface area contributed by atoms with Crippen LogP contribution in [-0.4, -0.2) is 32.6 Å². The molecule has 3 aromatic heterocycles. The normalized spacial score (nSPS) is 12.3. The van der Waals surface area contributed by atoms with Crippen LogP contribution in [0.1, 0.15) is 39.5 Å². The minimum Gasteiger partial charge on any atom is -0.334 e. The van der Waals surface area contributed by atoms with E-state index in [1.54, 1.807) is 23.4 Å². The second-order valence-corrected chi connectivity index (χ2v) is 9.06. The summed E-state index contributed by atoms with van der Waals surface area (Å²) in [5.41, 5.74) is 2.85. The van der Waals surface area contributed by atoms with Gasteiger partial charge in [-0.05, 0) is 55.3 Å². The van der Waals surface area contributed by atoms with Gasteiger partial charge < -0.3 is 4.90 Å². The van der Waals surface area contributed by atoms with Crippen molar-refractivity contribution in [2.75, 3.05) is 7.05 Å². The Labute approximate surface area is 188 Å². The second kappa shape index (κ2) is 8.38. The highest BCUT2D eigenvalue weighted by molar-refractivity contribution is 7.20. The first kappa shape index (κ1) is 20.8. The largest absolute Gasteiger partial charge is 0.334 e. The van der Waals surface area contributed by atoms with Crippen LogP contribution in [0.25, 0.3) is 10.2 Å². The Hall–Kier alpha value is -2.41. The highest BCUT2D eigenvalue weighted by Gasteiger charge is 2.23. The van der Waals surface area contributed by atoms with Crippen molar-refractivity contribution >= 4 is 50.7 Å². The Morgan fingerprint density at radius 3 is 2.63 bits per heavy atom. The number of carbonyl (C=O) groups is 1. The summed E-state index contributed by atoms with van der Waals surface area (Å²) in [7, 11) is 1.82. The molecule has 1 amide bonds. The lowest BCUT2D eigenvalue weighted by Crippen LogP contribution is -2.29. The third-order valence-corrected chi connectivity index (χ3v) is 6.97. The van der Waals surface area contributed by atoms with Gasteiger partial charge in [-0.2, -0.15) is 5.10 Å². The molecule has 1 aromatic carbocycles. The van der Waals surface area contributed by atoms with Gasteiger partial charge in [-0.15, -0.1) is 11.3 Å². The molecule has 0 N–H and O–H groups in total. The average Bonchev–Trinajstić information content (AvgIpc) is 3.30. The summed E-state index contributed by atoms with van der Waals surface area (Å²) in [6.07, 6.45) is 3.48. The Morgan fingerprint density at radius 2 is 1.93 bits per heavy atom. The number of thiophene rings is 1. The minimum absolute atomic E-state index is 0.0176. The Kier molecular flexibility index (Phi) is 5.82. The topological polar surface area (TPSA) is 51.0 Å². The first-order chi connectivity index (χ1) is 14.3. The molecule has 0 fully saturated rings. The number of pyridine rings is 1. The van der Waals surface area contributed by atoms with Crippen molar-refractivity contribution in [1.82, 2.24) is 19.7 Å². The summed E-state index contributed by atoms with van der Waals surface area (Å²) in [5, 5.41) is 6.82. The third kappa shape index (κ3) is 3.95. The molecule has 30 heavy (non-hydrogen) atoms. The number of hydrogen-bond donors (Lipinski definition) is 0. The van der Waals surface area contributed by atoms with E-state index in [-0.39, 0.29) is 11.9 Å². The summed E-state index contributed by atoms with van der Waals surface area (Å²) in [6.45, 7) is 4.47. The van der Waals surface area contributed by atoms with Crippen molar-refractivity contribution in [3.8, 4) is 0 Å². The minimum atomic E-state index is -0.0591. The smallest absolute Gasteiger partial charge is 0.264 e. The van der Waals surface area contributed by atoms with E-state index in [0.717, 1.165) is 27.0 Å². The Bertz CT molecular complexity index is 1220. The lowest BCUT2D eigenvalue weighted by molar-refractivity contribution is 0.0747. The summed E-state index contributed by atoms with van der Waals surface area (Å²) in [6, 6.07) is 11.2. The fourth-order valence-electron chi connectivity index (χ4n) is 3.35. The molecular formula is C22H20Cl2N4OS. The summed E-state index contributed by atoms with van der Waals surface area (Å²) in [5.74, 6) is -0.0176. The van der Waals surface area contributed by atoms with Crippen molar-refractivity contribution in [2.24, 2.45) is 0 Å². The van der Waals surface area contributed by atoms with Crippen molar-refractivity contribution in [1.29, 1.82) is 0 Å². The van der Waals surface area contributed by atoms with Crippen LogP contribution in [0.15, 0.2) is 48.8 Å². The van der Waals surface area contributed by atoms with Crippen LogP contribution in [0, 0.1) is 6.92 Å². The molecule has 154 valence electrons. The van der Waals surface area contributed by atoms with Crippen LogP contribution < -0.4 is 0 Å². The lowest BCUT2D eigenvalue weighted by Gasteiger charge is -2.24. The van der Waals surface area contributed by atoms with Crippen LogP contribution in [0.3, 0.4) is 0 Å². The zero-order valence-electron chi connectivity index (χ0n) is 16.8. The molecule has 4 rings (SSSR count).